The summed E-state index contributed by atoms with van der Waals surface area (Å²) in [6.07, 6.45) is 3.76. The van der Waals surface area contributed by atoms with E-state index < -0.39 is 0 Å². The predicted molar refractivity (Wildman–Crippen MR) is 98.5 cm³/mol. The van der Waals surface area contributed by atoms with Gasteiger partial charge >= 0.3 is 0 Å². The first-order valence-corrected chi connectivity index (χ1v) is 8.06. The van der Waals surface area contributed by atoms with Gasteiger partial charge in [0.2, 0.25) is 0 Å². The van der Waals surface area contributed by atoms with Crippen molar-refractivity contribution in [1.82, 2.24) is 19.4 Å². The van der Waals surface area contributed by atoms with E-state index in [1.807, 2.05) is 37.3 Å². The van der Waals surface area contributed by atoms with Crippen LogP contribution in [0.4, 0.5) is 11.5 Å². The second kappa shape index (κ2) is 5.98. The number of methoxy groups -OCH3 is 1. The van der Waals surface area contributed by atoms with Crippen LogP contribution >= 0.6 is 0 Å². The fourth-order valence-corrected chi connectivity index (χ4v) is 2.84. The molecule has 0 spiro atoms. The maximum atomic E-state index is 5.23. The molecule has 0 saturated heterocycles. The van der Waals surface area contributed by atoms with Crippen LogP contribution in [0.15, 0.2) is 48.9 Å². The van der Waals surface area contributed by atoms with Gasteiger partial charge in [-0.15, -0.1) is 0 Å². The molecule has 3 heterocycles. The normalized spacial score (nSPS) is 11.0. The Morgan fingerprint density at radius 1 is 1.04 bits per heavy atom. The number of hydrogen-bond donors (Lipinski definition) is 2. The summed E-state index contributed by atoms with van der Waals surface area (Å²) in [6.45, 7) is 4.06. The number of H-pyrrole nitrogens is 1. The molecule has 0 saturated carbocycles. The van der Waals surface area contributed by atoms with Crippen LogP contribution in [0.25, 0.3) is 17.0 Å². The van der Waals surface area contributed by atoms with Crippen molar-refractivity contribution < 1.29 is 4.74 Å². The lowest BCUT2D eigenvalue weighted by atomic mass is 10.2. The first-order chi connectivity index (χ1) is 12.2. The SMILES string of the molecule is COc1ccc(Nc2c(-c3nc[nH]c3C)nc3ccc(C)cn23)cc1. The van der Waals surface area contributed by atoms with Crippen LogP contribution in [0.2, 0.25) is 0 Å². The molecule has 0 bridgehead atoms. The maximum absolute atomic E-state index is 5.23. The van der Waals surface area contributed by atoms with Crippen molar-refractivity contribution in [2.75, 3.05) is 12.4 Å². The fraction of sp³-hybridized carbons (Fsp3) is 0.158. The number of fused-ring (bicyclic) bond motifs is 1. The average molecular weight is 333 g/mol. The minimum absolute atomic E-state index is 0.820. The Bertz CT molecular complexity index is 1030. The molecular weight excluding hydrogens is 314 g/mol. The van der Waals surface area contributed by atoms with E-state index >= 15 is 0 Å². The Kier molecular flexibility index (Phi) is 3.65. The summed E-state index contributed by atoms with van der Waals surface area (Å²) in [5, 5.41) is 3.48. The number of ether oxygens (including phenoxy) is 1. The molecule has 0 aliphatic carbocycles. The van der Waals surface area contributed by atoms with Gasteiger partial charge in [-0.3, -0.25) is 4.40 Å². The molecule has 6 heteroatoms. The summed E-state index contributed by atoms with van der Waals surface area (Å²) in [5.74, 6) is 1.71. The number of pyridine rings is 1. The third-order valence-corrected chi connectivity index (χ3v) is 4.17. The molecule has 0 aliphatic rings. The number of rotatable bonds is 4. The number of anilines is 2. The summed E-state index contributed by atoms with van der Waals surface area (Å²) in [6, 6.07) is 11.9. The second-order valence-electron chi connectivity index (χ2n) is 5.97. The summed E-state index contributed by atoms with van der Waals surface area (Å²) in [5.41, 5.74) is 5.64. The molecule has 0 aliphatic heterocycles. The van der Waals surface area contributed by atoms with Crippen LogP contribution in [-0.4, -0.2) is 26.5 Å². The molecular formula is C19H19N5O. The number of aromatic nitrogens is 4. The van der Waals surface area contributed by atoms with Gasteiger partial charge in [-0.05, 0) is 49.7 Å². The molecule has 0 atom stereocenters. The first kappa shape index (κ1) is 15.3. The summed E-state index contributed by atoms with van der Waals surface area (Å²) in [7, 11) is 1.66. The predicted octanol–water partition coefficient (Wildman–Crippen LogP) is 4.09. The molecule has 0 amide bonds. The number of aromatic amines is 1. The Labute approximate surface area is 145 Å². The minimum atomic E-state index is 0.820. The van der Waals surface area contributed by atoms with Crippen LogP contribution in [0.3, 0.4) is 0 Å². The lowest BCUT2D eigenvalue weighted by Gasteiger charge is -2.09. The zero-order valence-corrected chi connectivity index (χ0v) is 14.4. The van der Waals surface area contributed by atoms with Gasteiger partial charge in [0.25, 0.3) is 0 Å². The molecule has 0 fully saturated rings. The maximum Gasteiger partial charge on any atom is 0.145 e. The van der Waals surface area contributed by atoms with Gasteiger partial charge in [-0.25, -0.2) is 9.97 Å². The Hall–Kier alpha value is -3.28. The quantitative estimate of drug-likeness (QED) is 0.590. The number of aryl methyl sites for hydroxylation is 2. The van der Waals surface area contributed by atoms with Gasteiger partial charge in [0, 0.05) is 17.6 Å². The number of benzene rings is 1. The highest BCUT2D eigenvalue weighted by Gasteiger charge is 2.18. The Balaban J connectivity index is 1.87. The zero-order chi connectivity index (χ0) is 17.4. The van der Waals surface area contributed by atoms with Crippen molar-refractivity contribution in [1.29, 1.82) is 0 Å². The van der Waals surface area contributed by atoms with Gasteiger partial charge in [0.05, 0.1) is 13.4 Å². The molecule has 2 N–H and O–H groups in total. The summed E-state index contributed by atoms with van der Waals surface area (Å²) in [4.78, 5) is 12.3. The highest BCUT2D eigenvalue weighted by molar-refractivity contribution is 5.79. The molecule has 25 heavy (non-hydrogen) atoms. The molecule has 3 aromatic heterocycles. The molecule has 0 unspecified atom stereocenters. The van der Waals surface area contributed by atoms with E-state index in [2.05, 4.69) is 38.9 Å². The van der Waals surface area contributed by atoms with Crippen molar-refractivity contribution in [3.63, 3.8) is 0 Å². The molecule has 4 rings (SSSR count). The average Bonchev–Trinajstić information content (AvgIpc) is 3.19. The van der Waals surface area contributed by atoms with E-state index in [1.54, 1.807) is 13.4 Å². The van der Waals surface area contributed by atoms with E-state index in [9.17, 15) is 0 Å². The Morgan fingerprint density at radius 3 is 2.52 bits per heavy atom. The van der Waals surface area contributed by atoms with Crippen LogP contribution in [0.5, 0.6) is 5.75 Å². The zero-order valence-electron chi connectivity index (χ0n) is 14.4. The highest BCUT2D eigenvalue weighted by atomic mass is 16.5. The third-order valence-electron chi connectivity index (χ3n) is 4.17. The molecule has 6 nitrogen and oxygen atoms in total. The van der Waals surface area contributed by atoms with Gasteiger partial charge in [-0.1, -0.05) is 6.07 Å². The lowest BCUT2D eigenvalue weighted by Crippen LogP contribution is -1.98. The Morgan fingerprint density at radius 2 is 1.84 bits per heavy atom. The first-order valence-electron chi connectivity index (χ1n) is 8.06. The molecule has 0 radical (unpaired) electrons. The fourth-order valence-electron chi connectivity index (χ4n) is 2.84. The number of imidazole rings is 2. The molecule has 1 aromatic carbocycles. The standard InChI is InChI=1S/C19H19N5O/c1-12-4-9-16-23-18(17-13(2)20-11-21-17)19(24(16)10-12)22-14-5-7-15(25-3)8-6-14/h4-11,22H,1-3H3,(H,20,21). The highest BCUT2D eigenvalue weighted by Crippen LogP contribution is 2.32. The van der Waals surface area contributed by atoms with Gasteiger partial charge in [0.15, 0.2) is 0 Å². The topological polar surface area (TPSA) is 67.2 Å². The van der Waals surface area contributed by atoms with Crippen molar-refractivity contribution in [2.24, 2.45) is 0 Å². The van der Waals surface area contributed by atoms with Gasteiger partial charge in [0.1, 0.15) is 28.6 Å². The van der Waals surface area contributed by atoms with Crippen molar-refractivity contribution in [3.8, 4) is 17.1 Å². The largest absolute Gasteiger partial charge is 0.497 e. The summed E-state index contributed by atoms with van der Waals surface area (Å²) >= 11 is 0. The molecule has 4 aromatic rings. The van der Waals surface area contributed by atoms with E-state index in [0.29, 0.717) is 0 Å². The number of hydrogen-bond acceptors (Lipinski definition) is 4. The number of nitrogens with zero attached hydrogens (tertiary/aromatic N) is 3. The van der Waals surface area contributed by atoms with Crippen LogP contribution < -0.4 is 10.1 Å². The van der Waals surface area contributed by atoms with E-state index in [4.69, 9.17) is 9.72 Å². The van der Waals surface area contributed by atoms with Crippen molar-refractivity contribution in [2.45, 2.75) is 13.8 Å². The van der Waals surface area contributed by atoms with Crippen LogP contribution in [-0.2, 0) is 0 Å². The lowest BCUT2D eigenvalue weighted by molar-refractivity contribution is 0.415. The van der Waals surface area contributed by atoms with Crippen molar-refractivity contribution >= 4 is 17.2 Å². The number of nitrogens with one attached hydrogen (secondary N) is 2. The second-order valence-corrected chi connectivity index (χ2v) is 5.97. The van der Waals surface area contributed by atoms with E-state index in [1.165, 1.54) is 0 Å². The van der Waals surface area contributed by atoms with E-state index in [0.717, 1.165) is 45.5 Å². The van der Waals surface area contributed by atoms with Crippen LogP contribution in [0, 0.1) is 13.8 Å². The van der Waals surface area contributed by atoms with Gasteiger partial charge in [-0.2, -0.15) is 0 Å². The molecule has 126 valence electrons. The van der Waals surface area contributed by atoms with E-state index in [-0.39, 0.29) is 0 Å². The van der Waals surface area contributed by atoms with Gasteiger partial charge < -0.3 is 15.0 Å². The smallest absolute Gasteiger partial charge is 0.145 e. The monoisotopic (exact) mass is 333 g/mol. The van der Waals surface area contributed by atoms with Crippen molar-refractivity contribution in [3.05, 3.63) is 60.2 Å². The van der Waals surface area contributed by atoms with Crippen LogP contribution in [0.1, 0.15) is 11.3 Å². The minimum Gasteiger partial charge on any atom is -0.497 e. The third kappa shape index (κ3) is 2.71. The summed E-state index contributed by atoms with van der Waals surface area (Å²) < 4.78 is 7.29.